The maximum Gasteiger partial charge on any atom is 0.254 e. The number of hydrogen-bond acceptors (Lipinski definition) is 4. The van der Waals surface area contributed by atoms with E-state index in [0.717, 1.165) is 11.1 Å². The van der Waals surface area contributed by atoms with Crippen LogP contribution < -0.4 is 0 Å². The average Bonchev–Trinajstić information content (AvgIpc) is 3.13. The van der Waals surface area contributed by atoms with Crippen LogP contribution in [0.2, 0.25) is 5.02 Å². The molecule has 1 heterocycles. The molecule has 6 heteroatoms. The molecule has 5 nitrogen and oxygen atoms in total. The molecule has 0 unspecified atom stereocenters. The number of amides is 1. The zero-order valence-corrected chi connectivity index (χ0v) is 17.0. The molecule has 1 aromatic heterocycles. The molecule has 0 aliphatic rings. The van der Waals surface area contributed by atoms with E-state index in [0.29, 0.717) is 41.7 Å². The van der Waals surface area contributed by atoms with Gasteiger partial charge in [0.25, 0.3) is 5.91 Å². The Hall–Kier alpha value is -2.63. The zero-order valence-electron chi connectivity index (χ0n) is 16.2. The van der Waals surface area contributed by atoms with E-state index in [4.69, 9.17) is 20.9 Å². The summed E-state index contributed by atoms with van der Waals surface area (Å²) in [5, 5.41) is 4.76. The van der Waals surface area contributed by atoms with E-state index in [-0.39, 0.29) is 5.91 Å². The minimum atomic E-state index is -0.107. The number of benzene rings is 2. The van der Waals surface area contributed by atoms with Crippen LogP contribution in [0.25, 0.3) is 11.3 Å². The lowest BCUT2D eigenvalue weighted by atomic mass is 10.0. The minimum absolute atomic E-state index is 0.107. The van der Waals surface area contributed by atoms with Crippen LogP contribution in [-0.4, -0.2) is 36.2 Å². The first-order chi connectivity index (χ1) is 13.5. The lowest BCUT2D eigenvalue weighted by Crippen LogP contribution is -2.33. The molecular formula is C22H23ClN2O3. The number of hydrogen-bond donors (Lipinski definition) is 0. The molecule has 28 heavy (non-hydrogen) atoms. The van der Waals surface area contributed by atoms with Crippen LogP contribution in [0.4, 0.5) is 0 Å². The molecule has 0 saturated heterocycles. The lowest BCUT2D eigenvalue weighted by molar-refractivity contribution is 0.0676. The highest BCUT2D eigenvalue weighted by molar-refractivity contribution is 6.30. The Morgan fingerprint density at radius 3 is 2.57 bits per heavy atom. The van der Waals surface area contributed by atoms with Crippen molar-refractivity contribution < 1.29 is 14.1 Å². The van der Waals surface area contributed by atoms with Crippen LogP contribution in [0, 0.1) is 13.8 Å². The summed E-state index contributed by atoms with van der Waals surface area (Å²) in [5.41, 5.74) is 4.57. The average molecular weight is 399 g/mol. The van der Waals surface area contributed by atoms with Crippen molar-refractivity contribution in [1.82, 2.24) is 10.1 Å². The first-order valence-electron chi connectivity index (χ1n) is 9.05. The van der Waals surface area contributed by atoms with Crippen molar-refractivity contribution in [2.75, 3.05) is 20.3 Å². The van der Waals surface area contributed by atoms with Crippen molar-refractivity contribution in [1.29, 1.82) is 0 Å². The van der Waals surface area contributed by atoms with Crippen molar-refractivity contribution >= 4 is 17.5 Å². The van der Waals surface area contributed by atoms with Crippen LogP contribution >= 0.6 is 11.6 Å². The Morgan fingerprint density at radius 1 is 1.14 bits per heavy atom. The number of carbonyl (C=O) groups is 1. The van der Waals surface area contributed by atoms with E-state index in [1.165, 1.54) is 5.56 Å². The fourth-order valence-corrected chi connectivity index (χ4v) is 3.15. The normalized spacial score (nSPS) is 10.9. The summed E-state index contributed by atoms with van der Waals surface area (Å²) in [7, 11) is 1.61. The molecule has 0 fully saturated rings. The van der Waals surface area contributed by atoms with Crippen LogP contribution in [0.3, 0.4) is 0 Å². The summed E-state index contributed by atoms with van der Waals surface area (Å²) >= 11 is 5.93. The fraction of sp³-hybridized carbons (Fsp3) is 0.273. The molecule has 0 saturated carbocycles. The maximum absolute atomic E-state index is 12.9. The van der Waals surface area contributed by atoms with E-state index < -0.39 is 0 Å². The van der Waals surface area contributed by atoms with E-state index in [2.05, 4.69) is 18.1 Å². The largest absolute Gasteiger partial charge is 0.383 e. The van der Waals surface area contributed by atoms with E-state index in [1.54, 1.807) is 36.3 Å². The maximum atomic E-state index is 12.9. The van der Waals surface area contributed by atoms with Crippen molar-refractivity contribution in [2.24, 2.45) is 0 Å². The predicted octanol–water partition coefficient (Wildman–Crippen LogP) is 4.90. The molecule has 2 aromatic carbocycles. The van der Waals surface area contributed by atoms with Gasteiger partial charge in [-0.1, -0.05) is 40.5 Å². The summed E-state index contributed by atoms with van der Waals surface area (Å²) in [6, 6.07) is 14.9. The SMILES string of the molecule is COCCN(Cc1cc(-c2ccc(C)cc2C)on1)C(=O)c1ccc(Cl)cc1. The van der Waals surface area contributed by atoms with E-state index in [9.17, 15) is 4.79 Å². The van der Waals surface area contributed by atoms with Gasteiger partial charge in [0, 0.05) is 35.9 Å². The standard InChI is InChI=1S/C22H23ClN2O3/c1-15-4-9-20(16(2)12-15)21-13-19(24-28-21)14-25(10-11-27-3)22(26)17-5-7-18(23)8-6-17/h4-9,12-13H,10-11,14H2,1-3H3. The molecule has 1 amide bonds. The smallest absolute Gasteiger partial charge is 0.254 e. The van der Waals surface area contributed by atoms with Crippen molar-refractivity contribution in [3.8, 4) is 11.3 Å². The summed E-state index contributed by atoms with van der Waals surface area (Å²) in [4.78, 5) is 14.6. The highest BCUT2D eigenvalue weighted by Gasteiger charge is 2.19. The van der Waals surface area contributed by atoms with Crippen LogP contribution in [0.15, 0.2) is 53.1 Å². The van der Waals surface area contributed by atoms with Gasteiger partial charge in [-0.05, 0) is 43.7 Å². The topological polar surface area (TPSA) is 55.6 Å². The molecule has 0 aliphatic carbocycles. The molecule has 3 rings (SSSR count). The summed E-state index contributed by atoms with van der Waals surface area (Å²) in [5.74, 6) is 0.586. The Balaban J connectivity index is 1.80. The molecule has 0 radical (unpaired) electrons. The Labute approximate surface area is 169 Å². The Morgan fingerprint density at radius 2 is 1.89 bits per heavy atom. The van der Waals surface area contributed by atoms with Gasteiger partial charge < -0.3 is 14.2 Å². The number of aryl methyl sites for hydroxylation is 2. The first-order valence-corrected chi connectivity index (χ1v) is 9.42. The highest BCUT2D eigenvalue weighted by atomic mass is 35.5. The third-order valence-corrected chi connectivity index (χ3v) is 4.75. The fourth-order valence-electron chi connectivity index (χ4n) is 3.03. The summed E-state index contributed by atoms with van der Waals surface area (Å²) in [6.07, 6.45) is 0. The van der Waals surface area contributed by atoms with Crippen LogP contribution in [0.5, 0.6) is 0 Å². The molecule has 0 aliphatic heterocycles. The number of methoxy groups -OCH3 is 1. The van der Waals surface area contributed by atoms with E-state index >= 15 is 0 Å². The highest BCUT2D eigenvalue weighted by Crippen LogP contribution is 2.25. The van der Waals surface area contributed by atoms with Gasteiger partial charge in [-0.3, -0.25) is 4.79 Å². The van der Waals surface area contributed by atoms with Crippen molar-refractivity contribution in [3.63, 3.8) is 0 Å². The van der Waals surface area contributed by atoms with Gasteiger partial charge in [-0.2, -0.15) is 0 Å². The second kappa shape index (κ2) is 9.04. The summed E-state index contributed by atoms with van der Waals surface area (Å²) in [6.45, 7) is 5.31. The van der Waals surface area contributed by atoms with Gasteiger partial charge in [-0.25, -0.2) is 0 Å². The third-order valence-electron chi connectivity index (χ3n) is 4.50. The van der Waals surface area contributed by atoms with Crippen molar-refractivity contribution in [2.45, 2.75) is 20.4 Å². The Kier molecular flexibility index (Phi) is 6.49. The van der Waals surface area contributed by atoms with Crippen LogP contribution in [0.1, 0.15) is 27.2 Å². The predicted molar refractivity (Wildman–Crippen MR) is 109 cm³/mol. The van der Waals surface area contributed by atoms with E-state index in [1.807, 2.05) is 25.1 Å². The minimum Gasteiger partial charge on any atom is -0.383 e. The van der Waals surface area contributed by atoms with Crippen LogP contribution in [-0.2, 0) is 11.3 Å². The second-order valence-corrected chi connectivity index (χ2v) is 7.16. The van der Waals surface area contributed by atoms with Crippen molar-refractivity contribution in [3.05, 3.63) is 75.9 Å². The van der Waals surface area contributed by atoms with Gasteiger partial charge >= 0.3 is 0 Å². The quantitative estimate of drug-likeness (QED) is 0.568. The van der Waals surface area contributed by atoms with Gasteiger partial charge in [0.05, 0.1) is 13.2 Å². The molecule has 3 aromatic rings. The van der Waals surface area contributed by atoms with Gasteiger partial charge in [0.1, 0.15) is 5.69 Å². The molecule has 0 atom stereocenters. The number of rotatable bonds is 7. The zero-order chi connectivity index (χ0) is 20.1. The summed E-state index contributed by atoms with van der Waals surface area (Å²) < 4.78 is 10.7. The second-order valence-electron chi connectivity index (χ2n) is 6.73. The van der Waals surface area contributed by atoms with Gasteiger partial charge in [0.15, 0.2) is 5.76 Å². The molecule has 146 valence electrons. The third kappa shape index (κ3) is 4.80. The molecule has 0 bridgehead atoms. The molecule has 0 N–H and O–H groups in total. The molecular weight excluding hydrogens is 376 g/mol. The monoisotopic (exact) mass is 398 g/mol. The number of carbonyl (C=O) groups excluding carboxylic acids is 1. The number of halogens is 1. The van der Waals surface area contributed by atoms with Gasteiger partial charge in [0.2, 0.25) is 0 Å². The number of nitrogens with zero attached hydrogens (tertiary/aromatic N) is 2. The lowest BCUT2D eigenvalue weighted by Gasteiger charge is -2.21. The number of aromatic nitrogens is 1. The first kappa shape index (κ1) is 20.1. The van der Waals surface area contributed by atoms with Gasteiger partial charge in [-0.15, -0.1) is 0 Å². The molecule has 0 spiro atoms. The number of ether oxygens (including phenoxy) is 1. The Bertz CT molecular complexity index is 951.